The van der Waals surface area contributed by atoms with Gasteiger partial charge < -0.3 is 4.74 Å². The van der Waals surface area contributed by atoms with Crippen LogP contribution in [-0.2, 0) is 9.53 Å². The second-order valence-corrected chi connectivity index (χ2v) is 8.95. The van der Waals surface area contributed by atoms with Gasteiger partial charge in [0.15, 0.2) is 0 Å². The molecule has 2 saturated carbocycles. The van der Waals surface area contributed by atoms with Gasteiger partial charge in [-0.2, -0.15) is 0 Å². The number of esters is 1. The van der Waals surface area contributed by atoms with Crippen LogP contribution in [0.4, 0.5) is 0 Å². The summed E-state index contributed by atoms with van der Waals surface area (Å²) in [6.07, 6.45) is 14.2. The van der Waals surface area contributed by atoms with E-state index in [9.17, 15) is 4.79 Å². The summed E-state index contributed by atoms with van der Waals surface area (Å²) in [5, 5.41) is 0. The van der Waals surface area contributed by atoms with Crippen molar-refractivity contribution in [2.45, 2.75) is 63.2 Å². The predicted molar refractivity (Wildman–Crippen MR) is 131 cm³/mol. The SMILES string of the molecule is Brc1ccc(C2CCCC2)cc1.COC(=O)/C=C/c1ccc(C2CCCC2)cc1.Cl. The summed E-state index contributed by atoms with van der Waals surface area (Å²) in [5.74, 6) is 1.27. The van der Waals surface area contributed by atoms with Gasteiger partial charge >= 0.3 is 5.97 Å². The lowest BCUT2D eigenvalue weighted by Crippen LogP contribution is -1.94. The number of methoxy groups -OCH3 is 1. The quantitative estimate of drug-likeness (QED) is 0.319. The minimum absolute atomic E-state index is 0. The van der Waals surface area contributed by atoms with E-state index in [1.54, 1.807) is 6.08 Å². The fourth-order valence-corrected chi connectivity index (χ4v) is 4.63. The van der Waals surface area contributed by atoms with Crippen molar-refractivity contribution < 1.29 is 9.53 Å². The Morgan fingerprint density at radius 1 is 0.833 bits per heavy atom. The molecule has 2 fully saturated rings. The van der Waals surface area contributed by atoms with Gasteiger partial charge in [-0.3, -0.25) is 0 Å². The third kappa shape index (κ3) is 7.59. The molecule has 30 heavy (non-hydrogen) atoms. The fraction of sp³-hybridized carbons (Fsp3) is 0.423. The molecule has 2 aliphatic carbocycles. The molecule has 0 radical (unpaired) electrons. The summed E-state index contributed by atoms with van der Waals surface area (Å²) < 4.78 is 5.74. The van der Waals surface area contributed by atoms with Crippen molar-refractivity contribution in [2.75, 3.05) is 7.11 Å². The molecular weight excluding hydrogens is 460 g/mol. The molecule has 2 aromatic carbocycles. The van der Waals surface area contributed by atoms with Gasteiger partial charge in [-0.05, 0) is 72.4 Å². The fourth-order valence-electron chi connectivity index (χ4n) is 4.36. The van der Waals surface area contributed by atoms with E-state index in [0.29, 0.717) is 0 Å². The number of carbonyl (C=O) groups is 1. The summed E-state index contributed by atoms with van der Waals surface area (Å²) in [6, 6.07) is 17.3. The molecule has 2 nitrogen and oxygen atoms in total. The van der Waals surface area contributed by atoms with Gasteiger partial charge in [0.2, 0.25) is 0 Å². The van der Waals surface area contributed by atoms with E-state index < -0.39 is 0 Å². The lowest BCUT2D eigenvalue weighted by Gasteiger charge is -2.09. The van der Waals surface area contributed by atoms with Crippen LogP contribution in [-0.4, -0.2) is 13.1 Å². The van der Waals surface area contributed by atoms with Crippen molar-refractivity contribution >= 4 is 40.4 Å². The van der Waals surface area contributed by atoms with Crippen LogP contribution in [0.2, 0.25) is 0 Å². The first-order chi connectivity index (χ1) is 14.2. The van der Waals surface area contributed by atoms with E-state index in [4.69, 9.17) is 0 Å². The minimum atomic E-state index is -0.315. The Labute approximate surface area is 195 Å². The molecule has 0 aliphatic heterocycles. The highest BCUT2D eigenvalue weighted by atomic mass is 79.9. The summed E-state index contributed by atoms with van der Waals surface area (Å²) in [4.78, 5) is 11.0. The van der Waals surface area contributed by atoms with Gasteiger partial charge in [0.05, 0.1) is 7.11 Å². The molecule has 0 heterocycles. The Balaban J connectivity index is 0.000000218. The van der Waals surface area contributed by atoms with E-state index in [1.807, 2.05) is 0 Å². The molecule has 0 bridgehead atoms. The molecule has 2 aromatic rings. The van der Waals surface area contributed by atoms with Crippen molar-refractivity contribution in [3.63, 3.8) is 0 Å². The summed E-state index contributed by atoms with van der Waals surface area (Å²) in [6.45, 7) is 0. The zero-order valence-electron chi connectivity index (χ0n) is 17.7. The van der Waals surface area contributed by atoms with Gasteiger partial charge in [-0.25, -0.2) is 4.79 Å². The van der Waals surface area contributed by atoms with Crippen LogP contribution < -0.4 is 0 Å². The molecular formula is C26H32BrClO2. The van der Waals surface area contributed by atoms with Crippen LogP contribution in [0.25, 0.3) is 6.08 Å². The number of hydrogen-bond acceptors (Lipinski definition) is 2. The van der Waals surface area contributed by atoms with Crippen molar-refractivity contribution in [3.05, 3.63) is 75.8 Å². The Hall–Kier alpha value is -1.58. The topological polar surface area (TPSA) is 26.3 Å². The van der Waals surface area contributed by atoms with Crippen LogP contribution in [0.1, 0.15) is 79.9 Å². The van der Waals surface area contributed by atoms with Gasteiger partial charge in [-0.15, -0.1) is 12.4 Å². The zero-order valence-corrected chi connectivity index (χ0v) is 20.1. The summed E-state index contributed by atoms with van der Waals surface area (Å²) >= 11 is 3.45. The number of benzene rings is 2. The largest absolute Gasteiger partial charge is 0.466 e. The van der Waals surface area contributed by atoms with Crippen LogP contribution in [0, 0.1) is 0 Å². The smallest absolute Gasteiger partial charge is 0.330 e. The first kappa shape index (κ1) is 24.7. The Kier molecular flexibility index (Phi) is 10.7. The van der Waals surface area contributed by atoms with Crippen LogP contribution in [0.3, 0.4) is 0 Å². The number of rotatable bonds is 4. The Bertz CT molecular complexity index is 787. The van der Waals surface area contributed by atoms with Crippen molar-refractivity contribution in [1.82, 2.24) is 0 Å². The second-order valence-electron chi connectivity index (χ2n) is 8.04. The normalized spacial score (nSPS) is 16.7. The van der Waals surface area contributed by atoms with E-state index in [0.717, 1.165) is 17.4 Å². The summed E-state index contributed by atoms with van der Waals surface area (Å²) in [7, 11) is 1.38. The van der Waals surface area contributed by atoms with Crippen LogP contribution >= 0.6 is 28.3 Å². The predicted octanol–water partition coefficient (Wildman–Crippen LogP) is 8.06. The number of carbonyl (C=O) groups excluding carboxylic acids is 1. The van der Waals surface area contributed by atoms with Gasteiger partial charge in [0.1, 0.15) is 0 Å². The third-order valence-electron chi connectivity index (χ3n) is 6.07. The van der Waals surface area contributed by atoms with Crippen molar-refractivity contribution in [2.24, 2.45) is 0 Å². The maximum Gasteiger partial charge on any atom is 0.330 e. The molecule has 0 aromatic heterocycles. The maximum atomic E-state index is 11.0. The van der Waals surface area contributed by atoms with Gasteiger partial charge in [0.25, 0.3) is 0 Å². The maximum absolute atomic E-state index is 11.0. The summed E-state index contributed by atoms with van der Waals surface area (Å²) in [5.41, 5.74) is 3.99. The monoisotopic (exact) mass is 490 g/mol. The second kappa shape index (κ2) is 13.0. The molecule has 0 amide bonds. The van der Waals surface area contributed by atoms with E-state index in [-0.39, 0.29) is 18.4 Å². The van der Waals surface area contributed by atoms with Gasteiger partial charge in [-0.1, -0.05) is 78.0 Å². The van der Waals surface area contributed by atoms with Crippen molar-refractivity contribution in [1.29, 1.82) is 0 Å². The third-order valence-corrected chi connectivity index (χ3v) is 6.60. The van der Waals surface area contributed by atoms with Gasteiger partial charge in [0, 0.05) is 10.5 Å². The molecule has 4 rings (SSSR count). The standard InChI is InChI=1S/C15H18O2.C11H13Br.ClH/c1-17-15(16)11-8-12-6-9-14(10-7-12)13-4-2-3-5-13;12-11-7-5-10(6-8-11)9-3-1-2-4-9;/h6-11,13H,2-5H2,1H3;5-9H,1-4H2;1H/b11-8+;;. The first-order valence-corrected chi connectivity index (χ1v) is 11.6. The highest BCUT2D eigenvalue weighted by Gasteiger charge is 2.17. The first-order valence-electron chi connectivity index (χ1n) is 10.8. The Morgan fingerprint density at radius 3 is 1.70 bits per heavy atom. The molecule has 0 unspecified atom stereocenters. The number of halogens is 2. The molecule has 0 saturated heterocycles. The highest BCUT2D eigenvalue weighted by Crippen LogP contribution is 2.35. The zero-order chi connectivity index (χ0) is 20.5. The lowest BCUT2D eigenvalue weighted by atomic mass is 9.97. The number of hydrogen-bond donors (Lipinski definition) is 0. The average Bonchev–Trinajstić information content (AvgIpc) is 3.48. The molecule has 2 aliphatic rings. The van der Waals surface area contributed by atoms with E-state index in [2.05, 4.69) is 69.2 Å². The molecule has 0 atom stereocenters. The highest BCUT2D eigenvalue weighted by molar-refractivity contribution is 9.10. The molecule has 162 valence electrons. The number of ether oxygens (including phenoxy) is 1. The lowest BCUT2D eigenvalue weighted by molar-refractivity contribution is -0.134. The Morgan fingerprint density at radius 2 is 1.27 bits per heavy atom. The van der Waals surface area contributed by atoms with E-state index in [1.165, 1.54) is 80.2 Å². The molecule has 0 N–H and O–H groups in total. The molecule has 0 spiro atoms. The van der Waals surface area contributed by atoms with Crippen molar-refractivity contribution in [3.8, 4) is 0 Å². The van der Waals surface area contributed by atoms with E-state index >= 15 is 0 Å². The molecule has 4 heteroatoms. The average molecular weight is 492 g/mol. The minimum Gasteiger partial charge on any atom is -0.466 e. The van der Waals surface area contributed by atoms with Crippen LogP contribution in [0.5, 0.6) is 0 Å². The van der Waals surface area contributed by atoms with Crippen LogP contribution in [0.15, 0.2) is 59.1 Å².